The van der Waals surface area contributed by atoms with Crippen molar-refractivity contribution in [2.24, 2.45) is 5.92 Å². The normalized spacial score (nSPS) is 17.8. The first kappa shape index (κ1) is 16.6. The molecule has 132 valence electrons. The van der Waals surface area contributed by atoms with Gasteiger partial charge in [0, 0.05) is 30.9 Å². The molecule has 0 aliphatic carbocycles. The predicted octanol–water partition coefficient (Wildman–Crippen LogP) is 3.51. The predicted molar refractivity (Wildman–Crippen MR) is 101 cm³/mol. The zero-order valence-electron chi connectivity index (χ0n) is 14.7. The van der Waals surface area contributed by atoms with E-state index in [1.807, 2.05) is 17.2 Å². The van der Waals surface area contributed by atoms with Gasteiger partial charge >= 0.3 is 0 Å². The van der Waals surface area contributed by atoms with Crippen molar-refractivity contribution in [1.29, 1.82) is 0 Å². The molecule has 0 saturated carbocycles. The Bertz CT molecular complexity index is 891. The van der Waals surface area contributed by atoms with Crippen molar-refractivity contribution in [3.05, 3.63) is 66.4 Å². The van der Waals surface area contributed by atoms with Crippen LogP contribution >= 0.6 is 0 Å². The third-order valence-electron chi connectivity index (χ3n) is 5.18. The fraction of sp³-hybridized carbons (Fsp3) is 0.333. The molecule has 1 aromatic carbocycles. The van der Waals surface area contributed by atoms with Crippen molar-refractivity contribution >= 4 is 16.8 Å². The number of fused-ring (bicyclic) bond motifs is 1. The van der Waals surface area contributed by atoms with Gasteiger partial charge in [-0.05, 0) is 55.4 Å². The van der Waals surface area contributed by atoms with Gasteiger partial charge < -0.3 is 4.90 Å². The van der Waals surface area contributed by atoms with E-state index in [4.69, 9.17) is 0 Å². The maximum Gasteiger partial charge on any atom is 0.272 e. The maximum atomic E-state index is 12.6. The summed E-state index contributed by atoms with van der Waals surface area (Å²) in [5.74, 6) is 0.603. The molecule has 0 unspecified atom stereocenters. The van der Waals surface area contributed by atoms with Crippen molar-refractivity contribution in [3.8, 4) is 0 Å². The topological polar surface area (TPSA) is 59.0 Å². The molecule has 1 aliphatic heterocycles. The lowest BCUT2D eigenvalue weighted by Crippen LogP contribution is -2.32. The minimum atomic E-state index is 0.0161. The van der Waals surface area contributed by atoms with E-state index in [0.29, 0.717) is 11.6 Å². The van der Waals surface area contributed by atoms with Crippen molar-refractivity contribution < 1.29 is 4.79 Å². The molecule has 1 fully saturated rings. The summed E-state index contributed by atoms with van der Waals surface area (Å²) in [6.07, 6.45) is 9.13. The maximum absolute atomic E-state index is 12.6. The molecule has 1 saturated heterocycles. The van der Waals surface area contributed by atoms with Crippen LogP contribution in [0.15, 0.2) is 55.1 Å². The first-order chi connectivity index (χ1) is 12.8. The van der Waals surface area contributed by atoms with Crippen molar-refractivity contribution in [2.45, 2.75) is 25.7 Å². The number of carbonyl (C=O) groups excluding carboxylic acids is 1. The van der Waals surface area contributed by atoms with E-state index in [0.717, 1.165) is 44.3 Å². The van der Waals surface area contributed by atoms with Crippen LogP contribution in [0.2, 0.25) is 0 Å². The zero-order valence-corrected chi connectivity index (χ0v) is 14.7. The second kappa shape index (κ2) is 7.60. The molecule has 26 heavy (non-hydrogen) atoms. The summed E-state index contributed by atoms with van der Waals surface area (Å²) < 4.78 is 0. The number of carbonyl (C=O) groups is 1. The van der Waals surface area contributed by atoms with Crippen LogP contribution in [0.1, 0.15) is 35.3 Å². The van der Waals surface area contributed by atoms with E-state index in [1.165, 1.54) is 17.3 Å². The molecule has 5 nitrogen and oxygen atoms in total. The fourth-order valence-corrected chi connectivity index (χ4v) is 3.81. The lowest BCUT2D eigenvalue weighted by atomic mass is 9.91. The molecular weight excluding hydrogens is 324 g/mol. The van der Waals surface area contributed by atoms with E-state index in [-0.39, 0.29) is 5.91 Å². The number of aromatic nitrogens is 3. The average Bonchev–Trinajstić information content (AvgIpc) is 2.94. The van der Waals surface area contributed by atoms with Gasteiger partial charge in [0.15, 0.2) is 0 Å². The third kappa shape index (κ3) is 3.57. The van der Waals surface area contributed by atoms with Gasteiger partial charge in [-0.3, -0.25) is 9.78 Å². The van der Waals surface area contributed by atoms with E-state index >= 15 is 0 Å². The Morgan fingerprint density at radius 3 is 2.88 bits per heavy atom. The molecule has 1 amide bonds. The number of likely N-dealkylation sites (tertiary alicyclic amines) is 1. The highest BCUT2D eigenvalue weighted by Gasteiger charge is 2.22. The second-order valence-electron chi connectivity index (χ2n) is 6.88. The van der Waals surface area contributed by atoms with Crippen molar-refractivity contribution in [2.75, 3.05) is 13.1 Å². The van der Waals surface area contributed by atoms with Crippen LogP contribution in [0.5, 0.6) is 0 Å². The lowest BCUT2D eigenvalue weighted by Gasteiger charge is -2.20. The molecule has 5 heteroatoms. The first-order valence-corrected chi connectivity index (χ1v) is 9.19. The van der Waals surface area contributed by atoms with Gasteiger partial charge in [0.1, 0.15) is 12.0 Å². The Kier molecular flexibility index (Phi) is 4.86. The number of benzene rings is 1. The summed E-state index contributed by atoms with van der Waals surface area (Å²) in [6.45, 7) is 1.59. The van der Waals surface area contributed by atoms with Crippen LogP contribution in [0, 0.1) is 5.92 Å². The molecule has 0 N–H and O–H groups in total. The molecule has 3 aromatic rings. The quantitative estimate of drug-likeness (QED) is 0.728. The van der Waals surface area contributed by atoms with E-state index in [9.17, 15) is 4.79 Å². The third-order valence-corrected chi connectivity index (χ3v) is 5.18. The zero-order chi connectivity index (χ0) is 17.8. The van der Waals surface area contributed by atoms with Crippen LogP contribution in [-0.2, 0) is 6.42 Å². The summed E-state index contributed by atoms with van der Waals surface area (Å²) in [5.41, 5.74) is 2.90. The van der Waals surface area contributed by atoms with Crippen molar-refractivity contribution in [1.82, 2.24) is 19.9 Å². The van der Waals surface area contributed by atoms with Gasteiger partial charge in [-0.1, -0.05) is 18.2 Å². The summed E-state index contributed by atoms with van der Waals surface area (Å²) >= 11 is 0. The van der Waals surface area contributed by atoms with E-state index < -0.39 is 0 Å². The molecule has 0 radical (unpaired) electrons. The first-order valence-electron chi connectivity index (χ1n) is 9.19. The number of amides is 1. The highest BCUT2D eigenvalue weighted by molar-refractivity contribution is 5.92. The van der Waals surface area contributed by atoms with Gasteiger partial charge in [0.25, 0.3) is 5.91 Å². The summed E-state index contributed by atoms with van der Waals surface area (Å²) in [5, 5.41) is 1.24. The summed E-state index contributed by atoms with van der Waals surface area (Å²) in [7, 11) is 0. The lowest BCUT2D eigenvalue weighted by molar-refractivity contribution is 0.0754. The van der Waals surface area contributed by atoms with Gasteiger partial charge in [0.2, 0.25) is 0 Å². The minimum absolute atomic E-state index is 0.0161. The summed E-state index contributed by atoms with van der Waals surface area (Å²) in [6, 6.07) is 12.2. The van der Waals surface area contributed by atoms with Crippen LogP contribution < -0.4 is 0 Å². The fourth-order valence-electron chi connectivity index (χ4n) is 3.81. The molecule has 1 atom stereocenters. The van der Waals surface area contributed by atoms with Crippen LogP contribution in [0.25, 0.3) is 10.9 Å². The van der Waals surface area contributed by atoms with Gasteiger partial charge in [-0.2, -0.15) is 0 Å². The number of hydrogen-bond acceptors (Lipinski definition) is 4. The van der Waals surface area contributed by atoms with E-state index in [2.05, 4.69) is 39.2 Å². The monoisotopic (exact) mass is 346 g/mol. The summed E-state index contributed by atoms with van der Waals surface area (Å²) in [4.78, 5) is 27.0. The Labute approximate surface area is 153 Å². The minimum Gasteiger partial charge on any atom is -0.337 e. The molecule has 4 rings (SSSR count). The Morgan fingerprint density at radius 1 is 1.04 bits per heavy atom. The highest BCUT2D eigenvalue weighted by Crippen LogP contribution is 2.26. The molecule has 0 bridgehead atoms. The van der Waals surface area contributed by atoms with Crippen molar-refractivity contribution in [3.63, 3.8) is 0 Å². The number of nitrogens with zero attached hydrogens (tertiary/aromatic N) is 4. The number of pyridine rings is 1. The largest absolute Gasteiger partial charge is 0.337 e. The second-order valence-corrected chi connectivity index (χ2v) is 6.88. The Hall–Kier alpha value is -2.82. The molecule has 3 heterocycles. The highest BCUT2D eigenvalue weighted by atomic mass is 16.2. The van der Waals surface area contributed by atoms with Crippen LogP contribution in [0.3, 0.4) is 0 Å². The van der Waals surface area contributed by atoms with Gasteiger partial charge in [0.05, 0.1) is 5.52 Å². The molecular formula is C21H22N4O. The SMILES string of the molecule is O=C(c1ccncn1)N1CCC[C@H](Cc2cccc3ncccc23)CC1. The standard InChI is InChI=1S/C21H22N4O/c26-21(20-8-11-22-15-24-20)25-12-3-4-16(9-13-25)14-17-5-1-7-19-18(17)6-2-10-23-19/h1-2,5-8,10-11,15-16H,3-4,9,12-14H2/t16-/m0/s1. The molecule has 2 aromatic heterocycles. The van der Waals surface area contributed by atoms with Gasteiger partial charge in [-0.15, -0.1) is 0 Å². The molecule has 1 aliphatic rings. The Morgan fingerprint density at radius 2 is 2.00 bits per heavy atom. The smallest absolute Gasteiger partial charge is 0.272 e. The Balaban J connectivity index is 1.45. The molecule has 0 spiro atoms. The van der Waals surface area contributed by atoms with E-state index in [1.54, 1.807) is 12.3 Å². The average molecular weight is 346 g/mol. The van der Waals surface area contributed by atoms with Crippen LogP contribution in [0.4, 0.5) is 0 Å². The van der Waals surface area contributed by atoms with Gasteiger partial charge in [-0.25, -0.2) is 9.97 Å². The number of rotatable bonds is 3. The van der Waals surface area contributed by atoms with Crippen LogP contribution in [-0.4, -0.2) is 38.8 Å². The number of hydrogen-bond donors (Lipinski definition) is 0.